The van der Waals surface area contributed by atoms with Crippen LogP contribution < -0.4 is 0 Å². The zero-order valence-electron chi connectivity index (χ0n) is 19.6. The van der Waals surface area contributed by atoms with Crippen molar-refractivity contribution < 1.29 is 34.2 Å². The van der Waals surface area contributed by atoms with Crippen molar-refractivity contribution in [1.82, 2.24) is 0 Å². The van der Waals surface area contributed by atoms with Crippen LogP contribution in [0, 0.1) is 0 Å². The zero-order chi connectivity index (χ0) is 22.0. The lowest BCUT2D eigenvalue weighted by molar-refractivity contribution is 0.0245. The van der Waals surface area contributed by atoms with Crippen LogP contribution in [-0.4, -0.2) is 63.7 Å². The van der Waals surface area contributed by atoms with Gasteiger partial charge in [0.1, 0.15) is 0 Å². The summed E-state index contributed by atoms with van der Waals surface area (Å²) in [4.78, 5) is 0. The van der Waals surface area contributed by atoms with E-state index in [1.807, 2.05) is 55.4 Å². The molecule has 0 unspecified atom stereocenters. The maximum Gasteiger partial charge on any atom is 0.488 e. The van der Waals surface area contributed by atoms with Crippen LogP contribution in [0.3, 0.4) is 0 Å². The Morgan fingerprint density at radius 1 is 0.393 bits per heavy atom. The smallest absolute Gasteiger partial charge is 0.378 e. The van der Waals surface area contributed by atoms with Crippen LogP contribution in [0.1, 0.15) is 55.4 Å². The first-order valence-electron chi connectivity index (χ1n) is 9.86. The van der Waals surface area contributed by atoms with Crippen molar-refractivity contribution in [3.8, 4) is 0 Å². The predicted octanol–water partition coefficient (Wildman–Crippen LogP) is 4.05. The van der Waals surface area contributed by atoms with Crippen molar-refractivity contribution in [2.75, 3.05) is 28.4 Å². The SMILES string of the molecule is CO[Si]1(C(C)C)O[Si](OC)(C(C)C)O[Si](OC)(C(C)C)O[Si](OC)(C(C)C)O1. The molecule has 0 amide bonds. The molecule has 1 aliphatic heterocycles. The van der Waals surface area contributed by atoms with E-state index in [9.17, 15) is 0 Å². The summed E-state index contributed by atoms with van der Waals surface area (Å²) in [6, 6.07) is 0. The van der Waals surface area contributed by atoms with E-state index in [1.165, 1.54) is 0 Å². The molecule has 12 heteroatoms. The molecular weight excluding hydrogens is 433 g/mol. The molecular formula is C16H40O8Si4. The summed E-state index contributed by atoms with van der Waals surface area (Å²) < 4.78 is 50.8. The second-order valence-electron chi connectivity index (χ2n) is 8.26. The van der Waals surface area contributed by atoms with E-state index < -0.39 is 35.2 Å². The van der Waals surface area contributed by atoms with E-state index in [1.54, 1.807) is 28.4 Å². The van der Waals surface area contributed by atoms with E-state index in [0.717, 1.165) is 0 Å². The van der Waals surface area contributed by atoms with Crippen LogP contribution in [0.25, 0.3) is 0 Å². The van der Waals surface area contributed by atoms with Gasteiger partial charge in [-0.05, 0) is 0 Å². The average Bonchev–Trinajstić information content (AvgIpc) is 2.62. The van der Waals surface area contributed by atoms with E-state index >= 15 is 0 Å². The maximum absolute atomic E-state index is 6.72. The highest BCUT2D eigenvalue weighted by molar-refractivity contribution is 6.90. The molecule has 0 bridgehead atoms. The second-order valence-corrected chi connectivity index (χ2v) is 22.6. The Balaban J connectivity index is 3.77. The summed E-state index contributed by atoms with van der Waals surface area (Å²) in [6.07, 6.45) is 0. The second kappa shape index (κ2) is 9.78. The molecule has 8 nitrogen and oxygen atoms in total. The Bertz CT molecular complexity index is 407. The lowest BCUT2D eigenvalue weighted by atomic mass is 10.6. The standard InChI is InChI=1S/C16H40O8Si4/c1-13(2)25(17-9)21-26(18-10,14(3)4)23-28(20-12,16(7)8)24-27(19-11,22-25)15(5)6/h13-16H,1-12H3. The van der Waals surface area contributed by atoms with E-state index in [4.69, 9.17) is 34.2 Å². The molecule has 0 saturated carbocycles. The van der Waals surface area contributed by atoms with Gasteiger partial charge in [0, 0.05) is 50.6 Å². The third kappa shape index (κ3) is 4.73. The fraction of sp³-hybridized carbons (Fsp3) is 1.00. The molecule has 1 rings (SSSR count). The van der Waals surface area contributed by atoms with Gasteiger partial charge >= 0.3 is 35.2 Å². The first kappa shape index (κ1) is 26.6. The molecule has 168 valence electrons. The highest BCUT2D eigenvalue weighted by Gasteiger charge is 2.70. The summed E-state index contributed by atoms with van der Waals surface area (Å²) in [5.41, 5.74) is -0.159. The lowest BCUT2D eigenvalue weighted by Crippen LogP contribution is -2.75. The van der Waals surface area contributed by atoms with Gasteiger partial charge in [-0.3, -0.25) is 0 Å². The Kier molecular flexibility index (Phi) is 9.29. The topological polar surface area (TPSA) is 73.8 Å². The molecule has 1 aliphatic rings. The summed E-state index contributed by atoms with van der Waals surface area (Å²) in [5.74, 6) is 0. The molecule has 1 fully saturated rings. The minimum Gasteiger partial charge on any atom is -0.378 e. The van der Waals surface area contributed by atoms with E-state index in [0.29, 0.717) is 0 Å². The Morgan fingerprint density at radius 2 is 0.536 bits per heavy atom. The minimum absolute atomic E-state index is 0.0398. The fourth-order valence-electron chi connectivity index (χ4n) is 3.10. The molecule has 1 heterocycles. The number of rotatable bonds is 8. The molecule has 0 aromatic rings. The average molecular weight is 473 g/mol. The molecule has 0 aliphatic carbocycles. The molecule has 0 radical (unpaired) electrons. The lowest BCUT2D eigenvalue weighted by Gasteiger charge is -2.52. The summed E-state index contributed by atoms with van der Waals surface area (Å²) in [5, 5.41) is 0. The van der Waals surface area contributed by atoms with Crippen LogP contribution >= 0.6 is 0 Å². The third-order valence-electron chi connectivity index (χ3n) is 5.10. The quantitative estimate of drug-likeness (QED) is 0.490. The molecule has 0 aromatic carbocycles. The molecule has 28 heavy (non-hydrogen) atoms. The van der Waals surface area contributed by atoms with E-state index in [-0.39, 0.29) is 22.2 Å². The highest BCUT2D eigenvalue weighted by atomic mass is 28.6. The van der Waals surface area contributed by atoms with Gasteiger partial charge in [-0.15, -0.1) is 0 Å². The molecule has 0 spiro atoms. The number of hydrogen-bond acceptors (Lipinski definition) is 8. The third-order valence-corrected chi connectivity index (χ3v) is 22.1. The first-order chi connectivity index (χ1) is 12.8. The summed E-state index contributed by atoms with van der Waals surface area (Å²) in [7, 11) is -6.65. The van der Waals surface area contributed by atoms with Crippen molar-refractivity contribution >= 4 is 35.2 Å². The van der Waals surface area contributed by atoms with E-state index in [2.05, 4.69) is 0 Å². The fourth-order valence-corrected chi connectivity index (χ4v) is 23.7. The molecule has 0 N–H and O–H groups in total. The molecule has 0 aromatic heterocycles. The van der Waals surface area contributed by atoms with Gasteiger partial charge < -0.3 is 34.2 Å². The van der Waals surface area contributed by atoms with Crippen molar-refractivity contribution in [2.45, 2.75) is 77.6 Å². The Labute approximate surface area is 175 Å². The van der Waals surface area contributed by atoms with Gasteiger partial charge in [0.2, 0.25) is 0 Å². The first-order valence-corrected chi connectivity index (χ1v) is 17.1. The van der Waals surface area contributed by atoms with Gasteiger partial charge in [0.05, 0.1) is 0 Å². The zero-order valence-corrected chi connectivity index (χ0v) is 23.6. The summed E-state index contributed by atoms with van der Waals surface area (Å²) >= 11 is 0. The van der Waals surface area contributed by atoms with Crippen LogP contribution in [0.15, 0.2) is 0 Å². The van der Waals surface area contributed by atoms with Crippen LogP contribution in [0.2, 0.25) is 22.2 Å². The predicted molar refractivity (Wildman–Crippen MR) is 116 cm³/mol. The largest absolute Gasteiger partial charge is 0.488 e. The van der Waals surface area contributed by atoms with Gasteiger partial charge in [0.15, 0.2) is 0 Å². The number of hydrogen-bond donors (Lipinski definition) is 0. The normalized spacial score (nSPS) is 37.7. The minimum atomic E-state index is -3.27. The molecule has 1 saturated heterocycles. The van der Waals surface area contributed by atoms with Crippen molar-refractivity contribution in [1.29, 1.82) is 0 Å². The van der Waals surface area contributed by atoms with Crippen molar-refractivity contribution in [2.24, 2.45) is 0 Å². The maximum atomic E-state index is 6.72. The highest BCUT2D eigenvalue weighted by Crippen LogP contribution is 2.45. The van der Waals surface area contributed by atoms with Gasteiger partial charge in [-0.1, -0.05) is 55.4 Å². The monoisotopic (exact) mass is 472 g/mol. The van der Waals surface area contributed by atoms with Gasteiger partial charge in [-0.25, -0.2) is 0 Å². The van der Waals surface area contributed by atoms with Crippen LogP contribution in [0.5, 0.6) is 0 Å². The van der Waals surface area contributed by atoms with Gasteiger partial charge in [-0.2, -0.15) is 0 Å². The Morgan fingerprint density at radius 3 is 0.607 bits per heavy atom. The van der Waals surface area contributed by atoms with Crippen molar-refractivity contribution in [3.05, 3.63) is 0 Å². The summed E-state index contributed by atoms with van der Waals surface area (Å²) in [6.45, 7) is 16.2. The van der Waals surface area contributed by atoms with Gasteiger partial charge in [0.25, 0.3) is 0 Å². The molecule has 0 atom stereocenters. The van der Waals surface area contributed by atoms with Crippen LogP contribution in [0.4, 0.5) is 0 Å². The van der Waals surface area contributed by atoms with Crippen LogP contribution in [-0.2, 0) is 34.2 Å². The Hall–Kier alpha value is 0.548. The van der Waals surface area contributed by atoms with Crippen molar-refractivity contribution in [3.63, 3.8) is 0 Å².